The lowest BCUT2D eigenvalue weighted by atomic mass is 9.86. The van der Waals surface area contributed by atoms with Gasteiger partial charge in [0.15, 0.2) is 0 Å². The topological polar surface area (TPSA) is 41.1 Å². The van der Waals surface area contributed by atoms with Gasteiger partial charge >= 0.3 is 0 Å². The van der Waals surface area contributed by atoms with Crippen molar-refractivity contribution in [3.8, 4) is 0 Å². The molecule has 24 heavy (non-hydrogen) atoms. The highest BCUT2D eigenvalue weighted by Gasteiger charge is 2.23. The molecule has 1 aliphatic carbocycles. The van der Waals surface area contributed by atoms with E-state index in [0.717, 1.165) is 6.42 Å². The molecule has 1 fully saturated rings. The number of carbonyl (C=O) groups is 1. The molecule has 1 heterocycles. The molecule has 1 aromatic carbocycles. The van der Waals surface area contributed by atoms with E-state index >= 15 is 0 Å². The second-order valence-electron chi connectivity index (χ2n) is 6.68. The third-order valence-corrected chi connectivity index (χ3v) is 5.82. The molecule has 0 unspecified atom stereocenters. The van der Waals surface area contributed by atoms with Crippen molar-refractivity contribution in [1.29, 1.82) is 0 Å². The molecule has 1 amide bonds. The minimum atomic E-state index is 0.0701. The van der Waals surface area contributed by atoms with Crippen LogP contribution in [-0.4, -0.2) is 18.5 Å². The lowest BCUT2D eigenvalue weighted by Crippen LogP contribution is -2.45. The van der Waals surface area contributed by atoms with Crippen molar-refractivity contribution in [2.45, 2.75) is 44.7 Å². The molecular formula is C20H26N2OS. The lowest BCUT2D eigenvalue weighted by molar-refractivity contribution is -0.121. The van der Waals surface area contributed by atoms with E-state index in [-0.39, 0.29) is 11.9 Å². The molecule has 0 radical (unpaired) electrons. The van der Waals surface area contributed by atoms with Crippen LogP contribution in [0.1, 0.15) is 49.1 Å². The van der Waals surface area contributed by atoms with Crippen LogP contribution in [0.4, 0.5) is 0 Å². The molecule has 0 bridgehead atoms. The van der Waals surface area contributed by atoms with Crippen LogP contribution < -0.4 is 10.6 Å². The first kappa shape index (κ1) is 17.2. The van der Waals surface area contributed by atoms with Crippen LogP contribution in [0.3, 0.4) is 0 Å². The monoisotopic (exact) mass is 342 g/mol. The minimum Gasteiger partial charge on any atom is -0.352 e. The Morgan fingerprint density at radius 3 is 2.67 bits per heavy atom. The molecule has 2 aromatic rings. The molecule has 3 nitrogen and oxygen atoms in total. The lowest BCUT2D eigenvalue weighted by Gasteiger charge is -2.29. The Kier molecular flexibility index (Phi) is 6.05. The van der Waals surface area contributed by atoms with Gasteiger partial charge in [0, 0.05) is 10.9 Å². The summed E-state index contributed by atoms with van der Waals surface area (Å²) in [5.41, 5.74) is 1.19. The third-order valence-electron chi connectivity index (χ3n) is 4.89. The highest BCUT2D eigenvalue weighted by Crippen LogP contribution is 2.26. The number of hydrogen-bond acceptors (Lipinski definition) is 3. The summed E-state index contributed by atoms with van der Waals surface area (Å²) in [7, 11) is 0. The van der Waals surface area contributed by atoms with Crippen LogP contribution in [0.5, 0.6) is 0 Å². The fraction of sp³-hybridized carbons (Fsp3) is 0.450. The molecule has 0 saturated heterocycles. The van der Waals surface area contributed by atoms with Gasteiger partial charge in [0.1, 0.15) is 0 Å². The SMILES string of the molecule is C[C@@H]1CCCC[C@@H]1NC(=O)CN[C@@H](c1ccccc1)c1cccs1. The zero-order valence-electron chi connectivity index (χ0n) is 14.2. The fourth-order valence-corrected chi connectivity index (χ4v) is 4.29. The fourth-order valence-electron chi connectivity index (χ4n) is 3.47. The Hall–Kier alpha value is -1.65. The van der Waals surface area contributed by atoms with E-state index < -0.39 is 0 Å². The van der Waals surface area contributed by atoms with Gasteiger partial charge in [-0.05, 0) is 35.8 Å². The van der Waals surface area contributed by atoms with Crippen LogP contribution in [0.25, 0.3) is 0 Å². The molecule has 2 N–H and O–H groups in total. The Morgan fingerprint density at radius 1 is 1.17 bits per heavy atom. The van der Waals surface area contributed by atoms with Crippen molar-refractivity contribution >= 4 is 17.2 Å². The van der Waals surface area contributed by atoms with Gasteiger partial charge in [-0.1, -0.05) is 56.2 Å². The predicted molar refractivity (Wildman–Crippen MR) is 100 cm³/mol. The first-order chi connectivity index (χ1) is 11.7. The van der Waals surface area contributed by atoms with E-state index in [0.29, 0.717) is 18.5 Å². The smallest absolute Gasteiger partial charge is 0.234 e. The van der Waals surface area contributed by atoms with Crippen molar-refractivity contribution in [2.75, 3.05) is 6.54 Å². The second kappa shape index (κ2) is 8.45. The molecule has 4 heteroatoms. The van der Waals surface area contributed by atoms with Gasteiger partial charge in [0.2, 0.25) is 5.91 Å². The highest BCUT2D eigenvalue weighted by molar-refractivity contribution is 7.10. The summed E-state index contributed by atoms with van der Waals surface area (Å²) >= 11 is 1.72. The molecule has 3 atom stereocenters. The number of thiophene rings is 1. The average molecular weight is 343 g/mol. The Bertz CT molecular complexity index is 626. The minimum absolute atomic E-state index is 0.0701. The zero-order chi connectivity index (χ0) is 16.8. The molecule has 1 aromatic heterocycles. The second-order valence-corrected chi connectivity index (χ2v) is 7.66. The van der Waals surface area contributed by atoms with Gasteiger partial charge < -0.3 is 5.32 Å². The predicted octanol–water partition coefficient (Wildman–Crippen LogP) is 4.12. The normalized spacial score (nSPS) is 22.0. The molecule has 0 spiro atoms. The van der Waals surface area contributed by atoms with Crippen molar-refractivity contribution in [1.82, 2.24) is 10.6 Å². The summed E-state index contributed by atoms with van der Waals surface area (Å²) in [6, 6.07) is 14.9. The zero-order valence-corrected chi connectivity index (χ0v) is 15.0. The summed E-state index contributed by atoms with van der Waals surface area (Å²) < 4.78 is 0. The number of carbonyl (C=O) groups excluding carboxylic acids is 1. The first-order valence-corrected chi connectivity index (χ1v) is 9.73. The van der Waals surface area contributed by atoms with E-state index in [9.17, 15) is 4.79 Å². The maximum Gasteiger partial charge on any atom is 0.234 e. The van der Waals surface area contributed by atoms with Crippen molar-refractivity contribution in [3.05, 3.63) is 58.3 Å². The third kappa shape index (κ3) is 4.46. The largest absolute Gasteiger partial charge is 0.352 e. The van der Waals surface area contributed by atoms with E-state index in [1.54, 1.807) is 11.3 Å². The van der Waals surface area contributed by atoms with Gasteiger partial charge in [-0.15, -0.1) is 11.3 Å². The molecule has 128 valence electrons. The van der Waals surface area contributed by atoms with Gasteiger partial charge in [-0.3, -0.25) is 10.1 Å². The molecular weight excluding hydrogens is 316 g/mol. The van der Waals surface area contributed by atoms with Crippen molar-refractivity contribution in [3.63, 3.8) is 0 Å². The summed E-state index contributed by atoms with van der Waals surface area (Å²) in [5, 5.41) is 8.74. The maximum atomic E-state index is 12.4. The quantitative estimate of drug-likeness (QED) is 0.829. The van der Waals surface area contributed by atoms with E-state index in [4.69, 9.17) is 0 Å². The van der Waals surface area contributed by atoms with E-state index in [1.165, 1.54) is 29.7 Å². The number of rotatable bonds is 6. The summed E-state index contributed by atoms with van der Waals surface area (Å²) in [6.45, 7) is 2.59. The van der Waals surface area contributed by atoms with Crippen molar-refractivity contribution < 1.29 is 4.79 Å². The number of nitrogens with one attached hydrogen (secondary N) is 2. The van der Waals surface area contributed by atoms with Crippen LogP contribution in [0.2, 0.25) is 0 Å². The van der Waals surface area contributed by atoms with Gasteiger partial charge in [0.25, 0.3) is 0 Å². The standard InChI is InChI=1S/C20H26N2OS/c1-15-8-5-6-11-17(15)22-19(23)14-21-20(18-12-7-13-24-18)16-9-3-2-4-10-16/h2-4,7,9-10,12-13,15,17,20-21H,5-6,8,11,14H2,1H3,(H,22,23)/t15-,17+,20+/m1/s1. The highest BCUT2D eigenvalue weighted by atomic mass is 32.1. The summed E-state index contributed by atoms with van der Waals surface area (Å²) in [4.78, 5) is 13.6. The average Bonchev–Trinajstić information content (AvgIpc) is 3.12. The number of amides is 1. The Labute approximate surface area is 148 Å². The van der Waals surface area contributed by atoms with Gasteiger partial charge in [-0.2, -0.15) is 0 Å². The Balaban J connectivity index is 1.60. The van der Waals surface area contributed by atoms with Crippen LogP contribution in [0, 0.1) is 5.92 Å². The van der Waals surface area contributed by atoms with Gasteiger partial charge in [-0.25, -0.2) is 0 Å². The van der Waals surface area contributed by atoms with E-state index in [1.807, 2.05) is 18.2 Å². The van der Waals surface area contributed by atoms with Gasteiger partial charge in [0.05, 0.1) is 12.6 Å². The van der Waals surface area contributed by atoms with Crippen molar-refractivity contribution in [2.24, 2.45) is 5.92 Å². The molecule has 1 saturated carbocycles. The first-order valence-electron chi connectivity index (χ1n) is 8.85. The Morgan fingerprint density at radius 2 is 1.96 bits per heavy atom. The molecule has 3 rings (SSSR count). The molecule has 0 aliphatic heterocycles. The maximum absolute atomic E-state index is 12.4. The van der Waals surface area contributed by atoms with Crippen LogP contribution in [-0.2, 0) is 4.79 Å². The van der Waals surface area contributed by atoms with Crippen LogP contribution >= 0.6 is 11.3 Å². The summed E-state index contributed by atoms with van der Waals surface area (Å²) in [5.74, 6) is 0.691. The molecule has 1 aliphatic rings. The van der Waals surface area contributed by atoms with Crippen LogP contribution in [0.15, 0.2) is 47.8 Å². The number of hydrogen-bond donors (Lipinski definition) is 2. The number of benzene rings is 1. The van der Waals surface area contributed by atoms with E-state index in [2.05, 4.69) is 47.2 Å². The summed E-state index contributed by atoms with van der Waals surface area (Å²) in [6.07, 6.45) is 4.85.